The first kappa shape index (κ1) is 11.2. The van der Waals surface area contributed by atoms with Gasteiger partial charge in [-0.3, -0.25) is 0 Å². The average Bonchev–Trinajstić information content (AvgIpc) is 3.17. The van der Waals surface area contributed by atoms with Gasteiger partial charge in [0.05, 0.1) is 5.41 Å². The van der Waals surface area contributed by atoms with Crippen molar-refractivity contribution in [1.82, 2.24) is 0 Å². The molecule has 1 saturated carbocycles. The zero-order valence-electron chi connectivity index (χ0n) is 10.5. The van der Waals surface area contributed by atoms with Gasteiger partial charge in [-0.2, -0.15) is 0 Å². The van der Waals surface area contributed by atoms with E-state index in [0.29, 0.717) is 5.92 Å². The molecule has 1 nitrogen and oxygen atoms in total. The van der Waals surface area contributed by atoms with Crippen LogP contribution in [0.2, 0.25) is 0 Å². The third-order valence-corrected chi connectivity index (χ3v) is 4.00. The van der Waals surface area contributed by atoms with Crippen LogP contribution in [-0.4, -0.2) is 6.29 Å². The van der Waals surface area contributed by atoms with Gasteiger partial charge in [0.2, 0.25) is 0 Å². The van der Waals surface area contributed by atoms with Crippen molar-refractivity contribution in [1.29, 1.82) is 0 Å². The summed E-state index contributed by atoms with van der Waals surface area (Å²) in [5.74, 6) is 0.345. The van der Waals surface area contributed by atoms with E-state index in [1.807, 2.05) is 18.2 Å². The van der Waals surface area contributed by atoms with Crippen LogP contribution in [0.25, 0.3) is 0 Å². The zero-order chi connectivity index (χ0) is 12.6. The Hall–Kier alpha value is -1.89. The number of benzene rings is 2. The predicted octanol–water partition coefficient (Wildman–Crippen LogP) is 3.62. The van der Waals surface area contributed by atoms with Gasteiger partial charge in [-0.05, 0) is 24.5 Å². The molecule has 18 heavy (non-hydrogen) atoms. The molecule has 1 fully saturated rings. The van der Waals surface area contributed by atoms with Crippen molar-refractivity contribution in [2.45, 2.75) is 24.7 Å². The summed E-state index contributed by atoms with van der Waals surface area (Å²) in [7, 11) is 0. The fraction of sp³-hybridized carbons (Fsp3) is 0.235. The van der Waals surface area contributed by atoms with Gasteiger partial charge in [0.1, 0.15) is 6.29 Å². The summed E-state index contributed by atoms with van der Waals surface area (Å²) in [6, 6.07) is 18.7. The van der Waals surface area contributed by atoms with E-state index in [-0.39, 0.29) is 5.41 Å². The van der Waals surface area contributed by atoms with E-state index in [9.17, 15) is 4.79 Å². The summed E-state index contributed by atoms with van der Waals surface area (Å²) in [6.45, 7) is 2.08. The molecule has 2 atom stereocenters. The molecular formula is C17H16O. The Kier molecular flexibility index (Phi) is 2.55. The number of carbonyl (C=O) groups excluding carboxylic acids is 1. The molecule has 2 aromatic carbocycles. The maximum absolute atomic E-state index is 11.5. The smallest absolute Gasteiger partial charge is 0.131 e. The summed E-state index contributed by atoms with van der Waals surface area (Å²) in [6.07, 6.45) is 2.07. The van der Waals surface area contributed by atoms with E-state index in [4.69, 9.17) is 0 Å². The lowest BCUT2D eigenvalue weighted by atomic mass is 9.92. The molecule has 0 radical (unpaired) electrons. The van der Waals surface area contributed by atoms with Crippen LogP contribution < -0.4 is 0 Å². The fourth-order valence-corrected chi connectivity index (χ4v) is 2.76. The van der Waals surface area contributed by atoms with Crippen LogP contribution in [0.5, 0.6) is 0 Å². The highest BCUT2D eigenvalue weighted by atomic mass is 16.1. The predicted molar refractivity (Wildman–Crippen MR) is 72.7 cm³/mol. The lowest BCUT2D eigenvalue weighted by molar-refractivity contribution is -0.110. The molecule has 90 valence electrons. The second-order valence-electron chi connectivity index (χ2n) is 5.19. The van der Waals surface area contributed by atoms with Crippen LogP contribution in [0.1, 0.15) is 29.0 Å². The molecule has 0 spiro atoms. The normalized spacial score (nSPS) is 25.7. The molecular weight excluding hydrogens is 220 g/mol. The van der Waals surface area contributed by atoms with Crippen molar-refractivity contribution in [2.24, 2.45) is 0 Å². The van der Waals surface area contributed by atoms with Gasteiger partial charge in [0, 0.05) is 5.92 Å². The van der Waals surface area contributed by atoms with Crippen molar-refractivity contribution in [2.75, 3.05) is 0 Å². The summed E-state index contributed by atoms with van der Waals surface area (Å²) in [5, 5.41) is 0. The third-order valence-electron chi connectivity index (χ3n) is 4.00. The van der Waals surface area contributed by atoms with Crippen molar-refractivity contribution >= 4 is 6.29 Å². The zero-order valence-corrected chi connectivity index (χ0v) is 10.5. The average molecular weight is 236 g/mol. The van der Waals surface area contributed by atoms with Crippen LogP contribution in [0, 0.1) is 6.92 Å². The highest BCUT2D eigenvalue weighted by Gasteiger charge is 2.56. The topological polar surface area (TPSA) is 17.1 Å². The van der Waals surface area contributed by atoms with Crippen molar-refractivity contribution in [3.8, 4) is 0 Å². The molecule has 0 heterocycles. The van der Waals surface area contributed by atoms with Crippen LogP contribution in [0.3, 0.4) is 0 Å². The summed E-state index contributed by atoms with van der Waals surface area (Å²) < 4.78 is 0. The van der Waals surface area contributed by atoms with Gasteiger partial charge < -0.3 is 4.79 Å². The van der Waals surface area contributed by atoms with Gasteiger partial charge >= 0.3 is 0 Å². The minimum atomic E-state index is -0.281. The summed E-state index contributed by atoms with van der Waals surface area (Å²) in [4.78, 5) is 11.5. The molecule has 0 amide bonds. The molecule has 0 aliphatic heterocycles. The SMILES string of the molecule is Cc1ccc([C@H]2C[C@@]2(C=O)c2ccccc2)cc1. The second-order valence-corrected chi connectivity index (χ2v) is 5.19. The number of rotatable bonds is 3. The van der Waals surface area contributed by atoms with E-state index < -0.39 is 0 Å². The molecule has 2 aromatic rings. The summed E-state index contributed by atoms with van der Waals surface area (Å²) in [5.41, 5.74) is 3.40. The maximum atomic E-state index is 11.5. The van der Waals surface area contributed by atoms with E-state index in [0.717, 1.165) is 18.3 Å². The monoisotopic (exact) mass is 236 g/mol. The van der Waals surface area contributed by atoms with E-state index >= 15 is 0 Å². The van der Waals surface area contributed by atoms with Gasteiger partial charge in [0.25, 0.3) is 0 Å². The molecule has 1 aliphatic carbocycles. The molecule has 3 rings (SSSR count). The minimum Gasteiger partial charge on any atom is -0.302 e. The number of aldehydes is 1. The Morgan fingerprint density at radius 2 is 1.72 bits per heavy atom. The van der Waals surface area contributed by atoms with Crippen LogP contribution in [-0.2, 0) is 10.2 Å². The highest BCUT2D eigenvalue weighted by molar-refractivity contribution is 5.77. The molecule has 0 unspecified atom stereocenters. The van der Waals surface area contributed by atoms with E-state index in [1.54, 1.807) is 0 Å². The first-order chi connectivity index (χ1) is 8.76. The van der Waals surface area contributed by atoms with E-state index in [2.05, 4.69) is 43.3 Å². The lowest BCUT2D eigenvalue weighted by Gasteiger charge is -2.10. The Morgan fingerprint density at radius 3 is 2.33 bits per heavy atom. The maximum Gasteiger partial charge on any atom is 0.131 e. The number of hydrogen-bond acceptors (Lipinski definition) is 1. The van der Waals surface area contributed by atoms with Gasteiger partial charge in [0.15, 0.2) is 0 Å². The lowest BCUT2D eigenvalue weighted by Crippen LogP contribution is -2.11. The van der Waals surface area contributed by atoms with Crippen LogP contribution in [0.4, 0.5) is 0 Å². The van der Waals surface area contributed by atoms with Gasteiger partial charge in [-0.15, -0.1) is 0 Å². The first-order valence-corrected chi connectivity index (χ1v) is 6.35. The Balaban J connectivity index is 1.94. The minimum absolute atomic E-state index is 0.281. The van der Waals surface area contributed by atoms with Crippen LogP contribution in [0.15, 0.2) is 54.6 Å². The second kappa shape index (κ2) is 4.09. The number of carbonyl (C=O) groups is 1. The standard InChI is InChI=1S/C17H16O/c1-13-7-9-14(10-8-13)16-11-17(16,12-18)15-5-3-2-4-6-15/h2-10,12,16H,11H2,1H3/t16-,17-/m1/s1. The number of aryl methyl sites for hydroxylation is 1. The van der Waals surface area contributed by atoms with Gasteiger partial charge in [-0.1, -0.05) is 60.2 Å². The molecule has 1 heteroatoms. The number of hydrogen-bond donors (Lipinski definition) is 0. The molecule has 0 bridgehead atoms. The highest BCUT2D eigenvalue weighted by Crippen LogP contribution is 2.58. The Morgan fingerprint density at radius 1 is 1.06 bits per heavy atom. The fourth-order valence-electron chi connectivity index (χ4n) is 2.76. The Labute approximate surface area is 107 Å². The summed E-state index contributed by atoms with van der Waals surface area (Å²) >= 11 is 0. The van der Waals surface area contributed by atoms with Crippen LogP contribution >= 0.6 is 0 Å². The third kappa shape index (κ3) is 1.67. The molecule has 1 aliphatic rings. The molecule has 0 N–H and O–H groups in total. The first-order valence-electron chi connectivity index (χ1n) is 6.35. The molecule has 0 aromatic heterocycles. The van der Waals surface area contributed by atoms with Crippen molar-refractivity contribution in [3.05, 3.63) is 71.3 Å². The Bertz CT molecular complexity index is 556. The largest absolute Gasteiger partial charge is 0.302 e. The van der Waals surface area contributed by atoms with Gasteiger partial charge in [-0.25, -0.2) is 0 Å². The van der Waals surface area contributed by atoms with E-state index in [1.165, 1.54) is 11.1 Å². The van der Waals surface area contributed by atoms with Crippen molar-refractivity contribution in [3.63, 3.8) is 0 Å². The molecule has 0 saturated heterocycles. The van der Waals surface area contributed by atoms with Crippen molar-refractivity contribution < 1.29 is 4.79 Å². The quantitative estimate of drug-likeness (QED) is 0.744.